The fourth-order valence-corrected chi connectivity index (χ4v) is 3.10. The highest BCUT2D eigenvalue weighted by atomic mass is 32.1. The van der Waals surface area contributed by atoms with Gasteiger partial charge in [-0.2, -0.15) is 13.2 Å². The summed E-state index contributed by atoms with van der Waals surface area (Å²) < 4.78 is 42.8. The Kier molecular flexibility index (Phi) is 4.24. The van der Waals surface area contributed by atoms with Crippen molar-refractivity contribution in [3.8, 4) is 5.75 Å². The maximum Gasteiger partial charge on any atom is 0.434 e. The van der Waals surface area contributed by atoms with E-state index in [1.807, 2.05) is 9.80 Å². The van der Waals surface area contributed by atoms with Gasteiger partial charge in [0.2, 0.25) is 5.95 Å². The standard InChI is InChI=1S/C13H14F3N5OS/c1-22-9-6-17-11(18-7-9)20-2-4-21(5-3-20)12-19-10(8-23-12)13(14,15)16/h6-8H,2-5H2,1H3. The van der Waals surface area contributed by atoms with E-state index in [0.29, 0.717) is 43.0 Å². The van der Waals surface area contributed by atoms with E-state index in [2.05, 4.69) is 15.0 Å². The van der Waals surface area contributed by atoms with Crippen LogP contribution in [0.15, 0.2) is 17.8 Å². The molecule has 10 heteroatoms. The third kappa shape index (κ3) is 3.46. The van der Waals surface area contributed by atoms with Gasteiger partial charge in [0.25, 0.3) is 0 Å². The lowest BCUT2D eigenvalue weighted by Crippen LogP contribution is -2.47. The summed E-state index contributed by atoms with van der Waals surface area (Å²) in [6.45, 7) is 2.38. The number of rotatable bonds is 3. The molecule has 0 atom stereocenters. The summed E-state index contributed by atoms with van der Waals surface area (Å²) in [5, 5.41) is 1.45. The first-order valence-corrected chi connectivity index (χ1v) is 7.74. The normalized spacial score (nSPS) is 15.8. The first-order chi connectivity index (χ1) is 11.0. The van der Waals surface area contributed by atoms with Gasteiger partial charge in [-0.25, -0.2) is 15.0 Å². The minimum Gasteiger partial charge on any atom is -0.494 e. The molecule has 6 nitrogen and oxygen atoms in total. The third-order valence-electron chi connectivity index (χ3n) is 3.47. The second kappa shape index (κ2) is 6.19. The highest BCUT2D eigenvalue weighted by Crippen LogP contribution is 2.33. The fourth-order valence-electron chi connectivity index (χ4n) is 2.22. The van der Waals surface area contributed by atoms with Crippen molar-refractivity contribution < 1.29 is 17.9 Å². The Morgan fingerprint density at radius 3 is 2.22 bits per heavy atom. The molecule has 3 heterocycles. The smallest absolute Gasteiger partial charge is 0.434 e. The molecule has 0 amide bonds. The molecule has 2 aromatic heterocycles. The maximum absolute atomic E-state index is 12.6. The Balaban J connectivity index is 1.62. The number of nitrogens with zero attached hydrogens (tertiary/aromatic N) is 5. The van der Waals surface area contributed by atoms with Crippen LogP contribution in [0.2, 0.25) is 0 Å². The molecule has 23 heavy (non-hydrogen) atoms. The number of methoxy groups -OCH3 is 1. The van der Waals surface area contributed by atoms with Crippen LogP contribution in [0.5, 0.6) is 5.75 Å². The van der Waals surface area contributed by atoms with Gasteiger partial charge in [-0.3, -0.25) is 0 Å². The number of alkyl halides is 3. The summed E-state index contributed by atoms with van der Waals surface area (Å²) in [6.07, 6.45) is -1.22. The van der Waals surface area contributed by atoms with Gasteiger partial charge in [0.1, 0.15) is 0 Å². The highest BCUT2D eigenvalue weighted by molar-refractivity contribution is 7.13. The third-order valence-corrected chi connectivity index (χ3v) is 4.37. The van der Waals surface area contributed by atoms with Crippen molar-refractivity contribution in [1.82, 2.24) is 15.0 Å². The summed E-state index contributed by atoms with van der Waals surface area (Å²) in [4.78, 5) is 15.9. The Morgan fingerprint density at radius 2 is 1.70 bits per heavy atom. The van der Waals surface area contributed by atoms with E-state index < -0.39 is 11.9 Å². The molecule has 0 radical (unpaired) electrons. The Bertz CT molecular complexity index is 652. The van der Waals surface area contributed by atoms with Gasteiger partial charge in [-0.15, -0.1) is 11.3 Å². The average Bonchev–Trinajstić information content (AvgIpc) is 3.05. The van der Waals surface area contributed by atoms with E-state index in [9.17, 15) is 13.2 Å². The van der Waals surface area contributed by atoms with E-state index in [0.717, 1.165) is 16.7 Å². The van der Waals surface area contributed by atoms with Crippen molar-refractivity contribution in [1.29, 1.82) is 0 Å². The molecule has 124 valence electrons. The first-order valence-electron chi connectivity index (χ1n) is 6.86. The van der Waals surface area contributed by atoms with Crippen molar-refractivity contribution in [3.63, 3.8) is 0 Å². The molecule has 0 saturated carbocycles. The summed E-state index contributed by atoms with van der Waals surface area (Å²) in [7, 11) is 1.54. The average molecular weight is 345 g/mol. The minimum atomic E-state index is -4.40. The van der Waals surface area contributed by atoms with Crippen molar-refractivity contribution in [2.24, 2.45) is 0 Å². The minimum absolute atomic E-state index is 0.396. The summed E-state index contributed by atoms with van der Waals surface area (Å²) in [5.41, 5.74) is -0.835. The summed E-state index contributed by atoms with van der Waals surface area (Å²) in [6, 6.07) is 0. The lowest BCUT2D eigenvalue weighted by Gasteiger charge is -2.34. The molecule has 0 spiro atoms. The zero-order chi connectivity index (χ0) is 16.4. The van der Waals surface area contributed by atoms with Gasteiger partial charge in [0.15, 0.2) is 16.6 Å². The number of hydrogen-bond donors (Lipinski definition) is 0. The van der Waals surface area contributed by atoms with E-state index >= 15 is 0 Å². The van der Waals surface area contributed by atoms with Gasteiger partial charge in [0.05, 0.1) is 19.5 Å². The number of thiazole rings is 1. The van der Waals surface area contributed by atoms with Gasteiger partial charge in [-0.1, -0.05) is 0 Å². The zero-order valence-electron chi connectivity index (χ0n) is 12.2. The molecule has 1 aliphatic rings. The molecule has 0 unspecified atom stereocenters. The molecule has 1 fully saturated rings. The quantitative estimate of drug-likeness (QED) is 0.851. The fraction of sp³-hybridized carbons (Fsp3) is 0.462. The SMILES string of the molecule is COc1cnc(N2CCN(c3nc(C(F)(F)F)cs3)CC2)nc1. The van der Waals surface area contributed by atoms with E-state index in [1.165, 1.54) is 0 Å². The van der Waals surface area contributed by atoms with Crippen LogP contribution in [0.4, 0.5) is 24.3 Å². The molecular weight excluding hydrogens is 331 g/mol. The number of ether oxygens (including phenoxy) is 1. The number of hydrogen-bond acceptors (Lipinski definition) is 7. The van der Waals surface area contributed by atoms with Crippen LogP contribution in [0, 0.1) is 0 Å². The first kappa shape index (κ1) is 15.8. The van der Waals surface area contributed by atoms with Gasteiger partial charge >= 0.3 is 6.18 Å². The summed E-state index contributed by atoms with van der Waals surface area (Å²) in [5.74, 6) is 1.16. The lowest BCUT2D eigenvalue weighted by atomic mass is 10.3. The van der Waals surface area contributed by atoms with Crippen LogP contribution >= 0.6 is 11.3 Å². The Hall–Kier alpha value is -2.10. The molecule has 2 aromatic rings. The van der Waals surface area contributed by atoms with Gasteiger partial charge in [-0.05, 0) is 0 Å². The molecule has 0 aliphatic carbocycles. The molecule has 1 aliphatic heterocycles. The van der Waals surface area contributed by atoms with Gasteiger partial charge < -0.3 is 14.5 Å². The summed E-state index contributed by atoms with van der Waals surface area (Å²) >= 11 is 1.01. The molecule has 0 N–H and O–H groups in total. The number of halogens is 3. The molecule has 1 saturated heterocycles. The largest absolute Gasteiger partial charge is 0.494 e. The molecule has 0 bridgehead atoms. The van der Waals surface area contributed by atoms with Gasteiger partial charge in [0, 0.05) is 31.6 Å². The van der Waals surface area contributed by atoms with Crippen molar-refractivity contribution in [3.05, 3.63) is 23.5 Å². The monoisotopic (exact) mass is 345 g/mol. The van der Waals surface area contributed by atoms with E-state index in [1.54, 1.807) is 19.5 Å². The Labute approximate surface area is 134 Å². The van der Waals surface area contributed by atoms with Crippen LogP contribution in [0.1, 0.15) is 5.69 Å². The molecular formula is C13H14F3N5OS. The van der Waals surface area contributed by atoms with Crippen molar-refractivity contribution in [2.75, 3.05) is 43.1 Å². The number of aromatic nitrogens is 3. The van der Waals surface area contributed by atoms with Crippen molar-refractivity contribution >= 4 is 22.4 Å². The highest BCUT2D eigenvalue weighted by Gasteiger charge is 2.34. The zero-order valence-corrected chi connectivity index (χ0v) is 13.1. The number of anilines is 2. The molecule has 0 aromatic carbocycles. The van der Waals surface area contributed by atoms with Crippen LogP contribution in [0.25, 0.3) is 0 Å². The maximum atomic E-state index is 12.6. The molecule has 3 rings (SSSR count). The number of piperazine rings is 1. The van der Waals surface area contributed by atoms with Crippen molar-refractivity contribution in [2.45, 2.75) is 6.18 Å². The van der Waals surface area contributed by atoms with Crippen LogP contribution < -0.4 is 14.5 Å². The van der Waals surface area contributed by atoms with Crippen LogP contribution in [0.3, 0.4) is 0 Å². The topological polar surface area (TPSA) is 54.4 Å². The predicted molar refractivity (Wildman–Crippen MR) is 80.1 cm³/mol. The second-order valence-electron chi connectivity index (χ2n) is 4.91. The van der Waals surface area contributed by atoms with Crippen LogP contribution in [-0.2, 0) is 6.18 Å². The van der Waals surface area contributed by atoms with E-state index in [-0.39, 0.29) is 0 Å². The van der Waals surface area contributed by atoms with Crippen LogP contribution in [-0.4, -0.2) is 48.2 Å². The van der Waals surface area contributed by atoms with E-state index in [4.69, 9.17) is 4.74 Å². The predicted octanol–water partition coefficient (Wildman–Crippen LogP) is 2.29. The lowest BCUT2D eigenvalue weighted by molar-refractivity contribution is -0.140. The Morgan fingerprint density at radius 1 is 1.09 bits per heavy atom. The second-order valence-corrected chi connectivity index (χ2v) is 5.75.